The first-order valence-electron chi connectivity index (χ1n) is 7.12. The highest BCUT2D eigenvalue weighted by molar-refractivity contribution is 7.12. The van der Waals surface area contributed by atoms with Crippen LogP contribution in [0.1, 0.15) is 54.0 Å². The Morgan fingerprint density at radius 1 is 1.50 bits per heavy atom. The van der Waals surface area contributed by atoms with E-state index in [2.05, 4.69) is 32.2 Å². The van der Waals surface area contributed by atoms with Gasteiger partial charge in [0.2, 0.25) is 0 Å². The molecule has 1 saturated heterocycles. The van der Waals surface area contributed by atoms with Crippen LogP contribution < -0.4 is 5.32 Å². The van der Waals surface area contributed by atoms with Gasteiger partial charge in [-0.1, -0.05) is 6.92 Å². The van der Waals surface area contributed by atoms with Gasteiger partial charge in [-0.05, 0) is 57.7 Å². The van der Waals surface area contributed by atoms with Crippen molar-refractivity contribution in [2.45, 2.75) is 58.6 Å². The molecule has 2 unspecified atom stereocenters. The van der Waals surface area contributed by atoms with Crippen molar-refractivity contribution < 1.29 is 4.74 Å². The Morgan fingerprint density at radius 3 is 2.89 bits per heavy atom. The van der Waals surface area contributed by atoms with Crippen LogP contribution in [0.3, 0.4) is 0 Å². The molecule has 102 valence electrons. The van der Waals surface area contributed by atoms with Gasteiger partial charge in [-0.3, -0.25) is 0 Å². The molecule has 0 aliphatic carbocycles. The second-order valence-electron chi connectivity index (χ2n) is 5.21. The molecule has 1 aromatic rings. The van der Waals surface area contributed by atoms with E-state index in [-0.39, 0.29) is 0 Å². The molecule has 1 N–H and O–H groups in total. The van der Waals surface area contributed by atoms with E-state index < -0.39 is 0 Å². The summed E-state index contributed by atoms with van der Waals surface area (Å²) in [6.45, 7) is 8.61. The predicted molar refractivity (Wildman–Crippen MR) is 78.4 cm³/mol. The zero-order valence-corrected chi connectivity index (χ0v) is 12.6. The van der Waals surface area contributed by atoms with Crippen LogP contribution in [0.4, 0.5) is 0 Å². The highest BCUT2D eigenvalue weighted by atomic mass is 32.1. The van der Waals surface area contributed by atoms with Gasteiger partial charge in [-0.25, -0.2) is 0 Å². The third-order valence-electron chi connectivity index (χ3n) is 3.78. The monoisotopic (exact) mass is 267 g/mol. The Labute approximate surface area is 115 Å². The number of rotatable bonds is 6. The molecule has 0 amide bonds. The van der Waals surface area contributed by atoms with Crippen molar-refractivity contribution in [3.05, 3.63) is 21.4 Å². The number of hydrogen-bond acceptors (Lipinski definition) is 3. The maximum absolute atomic E-state index is 5.72. The van der Waals surface area contributed by atoms with Gasteiger partial charge in [-0.2, -0.15) is 0 Å². The Bertz CT molecular complexity index is 349. The highest BCUT2D eigenvalue weighted by Gasteiger charge is 2.19. The molecule has 1 fully saturated rings. The van der Waals surface area contributed by atoms with Crippen LogP contribution >= 0.6 is 11.3 Å². The van der Waals surface area contributed by atoms with Crippen LogP contribution in [0.5, 0.6) is 0 Å². The molecule has 0 spiro atoms. The van der Waals surface area contributed by atoms with E-state index in [9.17, 15) is 0 Å². The molecular formula is C15H25NOS. The van der Waals surface area contributed by atoms with Gasteiger partial charge in [0, 0.05) is 22.4 Å². The van der Waals surface area contributed by atoms with Gasteiger partial charge >= 0.3 is 0 Å². The van der Waals surface area contributed by atoms with Crippen LogP contribution in [0, 0.1) is 13.8 Å². The first-order valence-corrected chi connectivity index (χ1v) is 7.94. The van der Waals surface area contributed by atoms with Crippen LogP contribution in [0.15, 0.2) is 6.07 Å². The molecule has 0 bridgehead atoms. The van der Waals surface area contributed by atoms with E-state index in [0.29, 0.717) is 12.1 Å². The second kappa shape index (κ2) is 6.69. The van der Waals surface area contributed by atoms with Crippen LogP contribution in [-0.2, 0) is 4.74 Å². The minimum absolute atomic E-state index is 0.508. The van der Waals surface area contributed by atoms with E-state index >= 15 is 0 Å². The summed E-state index contributed by atoms with van der Waals surface area (Å²) < 4.78 is 5.72. The maximum atomic E-state index is 5.72. The van der Waals surface area contributed by atoms with Crippen molar-refractivity contribution in [3.8, 4) is 0 Å². The second-order valence-corrected chi connectivity index (χ2v) is 6.50. The fourth-order valence-corrected chi connectivity index (χ4v) is 3.74. The standard InChI is InChI=1S/C15H25NOS/c1-4-16-14(8-7-13-6-5-9-17-13)15-10-11(2)12(3)18-15/h10,13-14,16H,4-9H2,1-3H3. The maximum Gasteiger partial charge on any atom is 0.0576 e. The summed E-state index contributed by atoms with van der Waals surface area (Å²) in [4.78, 5) is 2.94. The third-order valence-corrected chi connectivity index (χ3v) is 5.05. The van der Waals surface area contributed by atoms with E-state index in [1.807, 2.05) is 11.3 Å². The topological polar surface area (TPSA) is 21.3 Å². The smallest absolute Gasteiger partial charge is 0.0576 e. The minimum Gasteiger partial charge on any atom is -0.378 e. The molecule has 1 aliphatic heterocycles. The van der Waals surface area contributed by atoms with E-state index in [1.54, 1.807) is 0 Å². The summed E-state index contributed by atoms with van der Waals surface area (Å²) in [5.74, 6) is 0. The predicted octanol–water partition coefficient (Wildman–Crippen LogP) is 3.97. The summed E-state index contributed by atoms with van der Waals surface area (Å²) >= 11 is 1.94. The minimum atomic E-state index is 0.508. The zero-order chi connectivity index (χ0) is 13.0. The van der Waals surface area contributed by atoms with Crippen molar-refractivity contribution >= 4 is 11.3 Å². The average molecular weight is 267 g/mol. The number of nitrogens with one attached hydrogen (secondary N) is 1. The number of aryl methyl sites for hydroxylation is 2. The average Bonchev–Trinajstić information content (AvgIpc) is 2.96. The van der Waals surface area contributed by atoms with Crippen molar-refractivity contribution in [3.63, 3.8) is 0 Å². The van der Waals surface area contributed by atoms with Crippen LogP contribution in [0.25, 0.3) is 0 Å². The first-order chi connectivity index (χ1) is 8.70. The molecule has 2 heterocycles. The molecule has 0 radical (unpaired) electrons. The van der Waals surface area contributed by atoms with Gasteiger partial charge in [0.15, 0.2) is 0 Å². The molecular weight excluding hydrogens is 242 g/mol. The van der Waals surface area contributed by atoms with Gasteiger partial charge in [-0.15, -0.1) is 11.3 Å². The molecule has 2 nitrogen and oxygen atoms in total. The summed E-state index contributed by atoms with van der Waals surface area (Å²) in [5.41, 5.74) is 1.43. The number of hydrogen-bond donors (Lipinski definition) is 1. The Hall–Kier alpha value is -0.380. The lowest BCUT2D eigenvalue weighted by Gasteiger charge is -2.18. The summed E-state index contributed by atoms with van der Waals surface area (Å²) in [6, 6.07) is 2.86. The van der Waals surface area contributed by atoms with Gasteiger partial charge in [0.1, 0.15) is 0 Å². The quantitative estimate of drug-likeness (QED) is 0.842. The Kier molecular flexibility index (Phi) is 5.22. The molecule has 18 heavy (non-hydrogen) atoms. The van der Waals surface area contributed by atoms with Gasteiger partial charge < -0.3 is 10.1 Å². The third kappa shape index (κ3) is 3.56. The largest absolute Gasteiger partial charge is 0.378 e. The zero-order valence-electron chi connectivity index (χ0n) is 11.8. The number of ether oxygens (including phenoxy) is 1. The Balaban J connectivity index is 1.94. The molecule has 1 aromatic heterocycles. The van der Waals surface area contributed by atoms with Gasteiger partial charge in [0.05, 0.1) is 6.10 Å². The van der Waals surface area contributed by atoms with Gasteiger partial charge in [0.25, 0.3) is 0 Å². The molecule has 1 aliphatic rings. The van der Waals surface area contributed by atoms with Crippen molar-refractivity contribution in [2.24, 2.45) is 0 Å². The molecule has 0 saturated carbocycles. The lowest BCUT2D eigenvalue weighted by molar-refractivity contribution is 0.0997. The van der Waals surface area contributed by atoms with E-state index in [0.717, 1.165) is 13.2 Å². The van der Waals surface area contributed by atoms with Crippen molar-refractivity contribution in [1.29, 1.82) is 0 Å². The lowest BCUT2D eigenvalue weighted by Crippen LogP contribution is -2.21. The molecule has 2 rings (SSSR count). The summed E-state index contributed by atoms with van der Waals surface area (Å²) in [5, 5.41) is 3.62. The van der Waals surface area contributed by atoms with E-state index in [4.69, 9.17) is 4.74 Å². The molecule has 2 atom stereocenters. The lowest BCUT2D eigenvalue weighted by atomic mass is 10.0. The fraction of sp³-hybridized carbons (Fsp3) is 0.733. The normalized spacial score (nSPS) is 21.4. The Morgan fingerprint density at radius 2 is 2.33 bits per heavy atom. The van der Waals surface area contributed by atoms with Crippen molar-refractivity contribution in [1.82, 2.24) is 5.32 Å². The SMILES string of the molecule is CCNC(CCC1CCCO1)c1cc(C)c(C)s1. The van der Waals surface area contributed by atoms with Crippen molar-refractivity contribution in [2.75, 3.05) is 13.2 Å². The van der Waals surface area contributed by atoms with Crippen LogP contribution in [-0.4, -0.2) is 19.3 Å². The van der Waals surface area contributed by atoms with Crippen LogP contribution in [0.2, 0.25) is 0 Å². The van der Waals surface area contributed by atoms with E-state index in [1.165, 1.54) is 41.0 Å². The molecule has 3 heteroatoms. The summed E-state index contributed by atoms with van der Waals surface area (Å²) in [7, 11) is 0. The summed E-state index contributed by atoms with van der Waals surface area (Å²) in [6.07, 6.45) is 5.38. The highest BCUT2D eigenvalue weighted by Crippen LogP contribution is 2.30. The fourth-order valence-electron chi connectivity index (χ4n) is 2.59. The molecule has 0 aromatic carbocycles. The number of thiophene rings is 1. The first kappa shape index (κ1) is 14.0.